The lowest BCUT2D eigenvalue weighted by Crippen LogP contribution is -2.36. The third-order valence-corrected chi connectivity index (χ3v) is 2.87. The van der Waals surface area contributed by atoms with Crippen LogP contribution in [0.15, 0.2) is 12.1 Å². The quantitative estimate of drug-likeness (QED) is 0.811. The molecule has 1 rings (SSSR count). The zero-order chi connectivity index (χ0) is 13.7. The van der Waals surface area contributed by atoms with Crippen molar-refractivity contribution in [1.82, 2.24) is 0 Å². The van der Waals surface area contributed by atoms with Crippen molar-refractivity contribution in [3.63, 3.8) is 0 Å². The lowest BCUT2D eigenvalue weighted by molar-refractivity contribution is -0.117. The number of hydrogen-bond acceptors (Lipinski definition) is 3. The maximum Gasteiger partial charge on any atom is 0.241 e. The third-order valence-electron chi connectivity index (χ3n) is 2.22. The van der Waals surface area contributed by atoms with E-state index in [4.69, 9.17) is 5.73 Å². The molecule has 0 spiro atoms. The van der Waals surface area contributed by atoms with Gasteiger partial charge in [0.05, 0.1) is 6.04 Å². The predicted molar refractivity (Wildman–Crippen MR) is 65.9 cm³/mol. The Kier molecular flexibility index (Phi) is 5.49. The lowest BCUT2D eigenvalue weighted by Gasteiger charge is -2.11. The molecular weight excluding hydrogens is 265 g/mol. The number of carbonyl (C=O) groups excluding carboxylic acids is 1. The van der Waals surface area contributed by atoms with Gasteiger partial charge in [-0.1, -0.05) is 0 Å². The van der Waals surface area contributed by atoms with Crippen molar-refractivity contribution in [2.45, 2.75) is 12.5 Å². The lowest BCUT2D eigenvalue weighted by atomic mass is 10.2. The average molecular weight is 278 g/mol. The molecule has 100 valence electrons. The molecule has 3 N–H and O–H groups in total. The van der Waals surface area contributed by atoms with Crippen LogP contribution in [-0.4, -0.2) is 24.0 Å². The van der Waals surface area contributed by atoms with Gasteiger partial charge >= 0.3 is 0 Å². The van der Waals surface area contributed by atoms with E-state index in [2.05, 4.69) is 5.32 Å². The van der Waals surface area contributed by atoms with Gasteiger partial charge in [0.25, 0.3) is 0 Å². The van der Waals surface area contributed by atoms with Crippen LogP contribution in [0.25, 0.3) is 0 Å². The Morgan fingerprint density at radius 3 is 2.44 bits per heavy atom. The molecule has 0 heterocycles. The first-order valence-electron chi connectivity index (χ1n) is 5.15. The molecule has 18 heavy (non-hydrogen) atoms. The Morgan fingerprint density at radius 2 is 1.94 bits per heavy atom. The summed E-state index contributed by atoms with van der Waals surface area (Å²) in [6.45, 7) is 0. The highest BCUT2D eigenvalue weighted by atomic mass is 32.2. The monoisotopic (exact) mass is 278 g/mol. The largest absolute Gasteiger partial charge is 0.325 e. The number of benzene rings is 1. The summed E-state index contributed by atoms with van der Waals surface area (Å²) in [5.74, 6) is -4.15. The third kappa shape index (κ3) is 3.92. The minimum atomic E-state index is -1.57. The number of rotatable bonds is 5. The zero-order valence-electron chi connectivity index (χ0n) is 9.67. The number of thioether (sulfide) groups is 1. The first-order chi connectivity index (χ1) is 8.45. The van der Waals surface area contributed by atoms with Gasteiger partial charge in [0.2, 0.25) is 5.91 Å². The smallest absolute Gasteiger partial charge is 0.241 e. The van der Waals surface area contributed by atoms with Gasteiger partial charge in [-0.2, -0.15) is 11.8 Å². The van der Waals surface area contributed by atoms with Gasteiger partial charge in [-0.15, -0.1) is 0 Å². The number of anilines is 1. The van der Waals surface area contributed by atoms with Crippen LogP contribution in [0.5, 0.6) is 0 Å². The molecule has 0 saturated carbocycles. The van der Waals surface area contributed by atoms with Gasteiger partial charge in [0, 0.05) is 17.8 Å². The summed E-state index contributed by atoms with van der Waals surface area (Å²) in [6.07, 6.45) is 2.31. The molecule has 0 bridgehead atoms. The molecule has 0 unspecified atom stereocenters. The van der Waals surface area contributed by atoms with Gasteiger partial charge in [-0.25, -0.2) is 13.2 Å². The minimum absolute atomic E-state index is 0.156. The first-order valence-corrected chi connectivity index (χ1v) is 6.55. The summed E-state index contributed by atoms with van der Waals surface area (Å²) in [7, 11) is 0. The van der Waals surface area contributed by atoms with Crippen molar-refractivity contribution in [2.75, 3.05) is 17.3 Å². The van der Waals surface area contributed by atoms with E-state index in [0.717, 1.165) is 0 Å². The van der Waals surface area contributed by atoms with Gasteiger partial charge < -0.3 is 11.1 Å². The molecule has 0 aliphatic carbocycles. The van der Waals surface area contributed by atoms with Crippen molar-refractivity contribution in [2.24, 2.45) is 5.73 Å². The Morgan fingerprint density at radius 1 is 1.39 bits per heavy atom. The van der Waals surface area contributed by atoms with Crippen LogP contribution >= 0.6 is 11.8 Å². The van der Waals surface area contributed by atoms with Gasteiger partial charge in [0.1, 0.15) is 0 Å². The van der Waals surface area contributed by atoms with Crippen LogP contribution in [0.3, 0.4) is 0 Å². The Labute approximate surface area is 107 Å². The molecule has 0 aliphatic heterocycles. The highest BCUT2D eigenvalue weighted by Crippen LogP contribution is 2.17. The van der Waals surface area contributed by atoms with E-state index in [9.17, 15) is 18.0 Å². The van der Waals surface area contributed by atoms with Crippen molar-refractivity contribution >= 4 is 23.4 Å². The van der Waals surface area contributed by atoms with Crippen LogP contribution < -0.4 is 11.1 Å². The highest BCUT2D eigenvalue weighted by Gasteiger charge is 2.16. The first kappa shape index (κ1) is 14.8. The molecule has 0 fully saturated rings. The normalized spacial score (nSPS) is 12.3. The summed E-state index contributed by atoms with van der Waals surface area (Å²) in [4.78, 5) is 11.5. The minimum Gasteiger partial charge on any atom is -0.325 e. The fraction of sp³-hybridized carbons (Fsp3) is 0.364. The molecule has 1 aromatic rings. The van der Waals surface area contributed by atoms with E-state index in [1.54, 1.807) is 0 Å². The average Bonchev–Trinajstić information content (AvgIpc) is 2.32. The van der Waals surface area contributed by atoms with Crippen LogP contribution in [0.1, 0.15) is 6.42 Å². The summed E-state index contributed by atoms with van der Waals surface area (Å²) < 4.78 is 38.5. The molecule has 1 aromatic carbocycles. The van der Waals surface area contributed by atoms with E-state index in [-0.39, 0.29) is 5.69 Å². The number of halogens is 3. The molecule has 0 saturated heterocycles. The van der Waals surface area contributed by atoms with E-state index >= 15 is 0 Å². The van der Waals surface area contributed by atoms with Crippen LogP contribution in [0.2, 0.25) is 0 Å². The number of carbonyl (C=O) groups is 1. The fourth-order valence-electron chi connectivity index (χ4n) is 1.24. The fourth-order valence-corrected chi connectivity index (χ4v) is 1.73. The van der Waals surface area contributed by atoms with E-state index in [1.807, 2.05) is 6.26 Å². The van der Waals surface area contributed by atoms with E-state index in [0.29, 0.717) is 24.3 Å². The number of amides is 1. The van der Waals surface area contributed by atoms with Crippen molar-refractivity contribution in [3.05, 3.63) is 29.6 Å². The topological polar surface area (TPSA) is 55.1 Å². The molecule has 1 atom stereocenters. The van der Waals surface area contributed by atoms with Gasteiger partial charge in [-0.3, -0.25) is 4.79 Å². The zero-order valence-corrected chi connectivity index (χ0v) is 10.5. The summed E-state index contributed by atoms with van der Waals surface area (Å²) in [5, 5.41) is 2.24. The second-order valence-corrected chi connectivity index (χ2v) is 4.62. The SMILES string of the molecule is CSCC[C@@H](N)C(=O)Nc1cc(F)c(F)c(F)c1. The number of hydrogen-bond donors (Lipinski definition) is 2. The Hall–Kier alpha value is -1.21. The van der Waals surface area contributed by atoms with E-state index < -0.39 is 29.4 Å². The maximum absolute atomic E-state index is 12.9. The summed E-state index contributed by atoms with van der Waals surface area (Å²) >= 11 is 1.53. The maximum atomic E-state index is 12.9. The van der Waals surface area contributed by atoms with Gasteiger partial charge in [0.15, 0.2) is 17.5 Å². The Bertz CT molecular complexity index is 419. The second-order valence-electron chi connectivity index (χ2n) is 3.63. The van der Waals surface area contributed by atoms with E-state index in [1.165, 1.54) is 11.8 Å². The highest BCUT2D eigenvalue weighted by molar-refractivity contribution is 7.98. The van der Waals surface area contributed by atoms with Crippen LogP contribution in [0, 0.1) is 17.5 Å². The van der Waals surface area contributed by atoms with Crippen LogP contribution in [-0.2, 0) is 4.79 Å². The van der Waals surface area contributed by atoms with Crippen molar-refractivity contribution in [3.8, 4) is 0 Å². The standard InChI is InChI=1S/C11H13F3N2OS/c1-18-3-2-9(15)11(17)16-6-4-7(12)10(14)8(13)5-6/h4-5,9H,2-3,15H2,1H3,(H,16,17)/t9-/m1/s1. The van der Waals surface area contributed by atoms with Crippen LogP contribution in [0.4, 0.5) is 18.9 Å². The molecule has 0 aromatic heterocycles. The van der Waals surface area contributed by atoms with Gasteiger partial charge in [-0.05, 0) is 18.4 Å². The molecule has 0 radical (unpaired) electrons. The Balaban J connectivity index is 2.70. The molecule has 1 amide bonds. The van der Waals surface area contributed by atoms with Crippen molar-refractivity contribution < 1.29 is 18.0 Å². The predicted octanol–water partition coefficient (Wildman–Crippen LogP) is 2.12. The van der Waals surface area contributed by atoms with Crippen molar-refractivity contribution in [1.29, 1.82) is 0 Å². The number of nitrogens with two attached hydrogens (primary N) is 1. The second kappa shape index (κ2) is 6.65. The molecule has 7 heteroatoms. The molecular formula is C11H13F3N2OS. The summed E-state index contributed by atoms with van der Waals surface area (Å²) in [6, 6.07) is 0.642. The molecule has 3 nitrogen and oxygen atoms in total. The molecule has 0 aliphatic rings. The number of nitrogens with one attached hydrogen (secondary N) is 1. The summed E-state index contributed by atoms with van der Waals surface area (Å²) in [5.41, 5.74) is 5.41.